The summed E-state index contributed by atoms with van der Waals surface area (Å²) >= 11 is 5.69. The summed E-state index contributed by atoms with van der Waals surface area (Å²) in [7, 11) is 0. The van der Waals surface area contributed by atoms with E-state index < -0.39 is 0 Å². The third kappa shape index (κ3) is 3.61. The highest BCUT2D eigenvalue weighted by atomic mass is 35.5. The molecule has 1 fully saturated rings. The van der Waals surface area contributed by atoms with Gasteiger partial charge in [0.2, 0.25) is 0 Å². The number of aliphatic hydroxyl groups excluding tert-OH is 1. The van der Waals surface area contributed by atoms with E-state index in [1.54, 1.807) is 12.3 Å². The van der Waals surface area contributed by atoms with E-state index in [2.05, 4.69) is 15.6 Å². The number of halogens is 2. The van der Waals surface area contributed by atoms with Crippen LogP contribution in [0.2, 0.25) is 5.02 Å². The maximum Gasteiger partial charge on any atom is 0.267 e. The number of hydrogen-bond acceptors (Lipinski definition) is 3. The monoisotopic (exact) mass is 279 g/mol. The Morgan fingerprint density at radius 1 is 1.59 bits per heavy atom. The Labute approximate surface area is 110 Å². The molecule has 96 valence electrons. The van der Waals surface area contributed by atoms with Gasteiger partial charge in [0.25, 0.3) is 5.91 Å². The van der Waals surface area contributed by atoms with Gasteiger partial charge in [0.05, 0.1) is 11.1 Å². The lowest BCUT2D eigenvalue weighted by molar-refractivity contribution is 0.0923. The first kappa shape index (κ1) is 14.3. The average molecular weight is 280 g/mol. The lowest BCUT2D eigenvalue weighted by Gasteiger charge is -2.13. The molecule has 0 spiro atoms. The number of aromatic nitrogens is 1. The van der Waals surface area contributed by atoms with Crippen LogP contribution in [0.25, 0.3) is 0 Å². The summed E-state index contributed by atoms with van der Waals surface area (Å²) in [5, 5.41) is 15.9. The first-order chi connectivity index (χ1) is 7.66. The number of aliphatic hydroxyl groups is 1. The minimum atomic E-state index is -0.382. The summed E-state index contributed by atoms with van der Waals surface area (Å²) in [6, 6.07) is 1.57. The Balaban J connectivity index is 0.00000144. The zero-order valence-corrected chi connectivity index (χ0v) is 10.6. The van der Waals surface area contributed by atoms with Crippen LogP contribution in [-0.4, -0.2) is 41.7 Å². The van der Waals surface area contributed by atoms with Gasteiger partial charge in [0.1, 0.15) is 5.69 Å². The summed E-state index contributed by atoms with van der Waals surface area (Å²) in [4.78, 5) is 14.4. The third-order valence-electron chi connectivity index (χ3n) is 2.72. The summed E-state index contributed by atoms with van der Waals surface area (Å²) in [5.74, 6) is -0.125. The molecular weight excluding hydrogens is 265 g/mol. The molecule has 1 aromatic heterocycles. The van der Waals surface area contributed by atoms with Gasteiger partial charge >= 0.3 is 0 Å². The predicted molar refractivity (Wildman–Crippen MR) is 67.8 cm³/mol. The number of carbonyl (C=O) groups is 1. The van der Waals surface area contributed by atoms with Crippen LogP contribution in [0.4, 0.5) is 0 Å². The zero-order chi connectivity index (χ0) is 11.5. The summed E-state index contributed by atoms with van der Waals surface area (Å²) in [5.41, 5.74) is 0.436. The summed E-state index contributed by atoms with van der Waals surface area (Å²) in [6.07, 6.45) is 1.18. The molecule has 2 heterocycles. The maximum atomic E-state index is 11.6. The first-order valence-electron chi connectivity index (χ1n) is 5.17. The second kappa shape index (κ2) is 6.26. The van der Waals surface area contributed by atoms with Gasteiger partial charge in [0.15, 0.2) is 0 Å². The van der Waals surface area contributed by atoms with Gasteiger partial charge in [-0.25, -0.2) is 0 Å². The fourth-order valence-electron chi connectivity index (χ4n) is 1.75. The van der Waals surface area contributed by atoms with Gasteiger partial charge in [-0.1, -0.05) is 11.6 Å². The lowest BCUT2D eigenvalue weighted by Crippen LogP contribution is -2.34. The van der Waals surface area contributed by atoms with Gasteiger partial charge in [-0.3, -0.25) is 4.79 Å². The van der Waals surface area contributed by atoms with E-state index in [1.165, 1.54) is 0 Å². The molecule has 0 radical (unpaired) electrons. The number of H-pyrrole nitrogens is 1. The summed E-state index contributed by atoms with van der Waals surface area (Å²) in [6.45, 7) is 1.78. The highest BCUT2D eigenvalue weighted by molar-refractivity contribution is 6.30. The van der Waals surface area contributed by atoms with Crippen molar-refractivity contribution >= 4 is 29.9 Å². The van der Waals surface area contributed by atoms with E-state index in [1.807, 2.05) is 0 Å². The Hall–Kier alpha value is -0.750. The molecule has 1 aromatic rings. The molecule has 17 heavy (non-hydrogen) atoms. The van der Waals surface area contributed by atoms with Crippen LogP contribution in [0.5, 0.6) is 0 Å². The Morgan fingerprint density at radius 2 is 2.35 bits per heavy atom. The van der Waals surface area contributed by atoms with Gasteiger partial charge in [-0.15, -0.1) is 12.4 Å². The number of rotatable bonds is 3. The van der Waals surface area contributed by atoms with Crippen LogP contribution >= 0.6 is 24.0 Å². The van der Waals surface area contributed by atoms with E-state index >= 15 is 0 Å². The quantitative estimate of drug-likeness (QED) is 0.647. The molecule has 5 nitrogen and oxygen atoms in total. The third-order valence-corrected chi connectivity index (χ3v) is 2.94. The highest BCUT2D eigenvalue weighted by Crippen LogP contribution is 2.10. The largest absolute Gasteiger partial charge is 0.391 e. The Kier molecular flexibility index (Phi) is 5.27. The predicted octanol–water partition coefficient (Wildman–Crippen LogP) is 0.400. The van der Waals surface area contributed by atoms with Crippen LogP contribution in [0.1, 0.15) is 10.5 Å². The number of hydrogen-bond donors (Lipinski definition) is 4. The maximum absolute atomic E-state index is 11.6. The van der Waals surface area contributed by atoms with Crippen molar-refractivity contribution in [2.45, 2.75) is 6.10 Å². The Morgan fingerprint density at radius 3 is 2.88 bits per heavy atom. The van der Waals surface area contributed by atoms with E-state index in [9.17, 15) is 9.90 Å². The lowest BCUT2D eigenvalue weighted by atomic mass is 10.1. The molecule has 2 unspecified atom stereocenters. The van der Waals surface area contributed by atoms with Crippen molar-refractivity contribution < 1.29 is 9.90 Å². The second-order valence-electron chi connectivity index (χ2n) is 3.93. The minimum absolute atomic E-state index is 0. The molecule has 2 atom stereocenters. The minimum Gasteiger partial charge on any atom is -0.391 e. The van der Waals surface area contributed by atoms with E-state index in [0.717, 1.165) is 6.54 Å². The van der Waals surface area contributed by atoms with Gasteiger partial charge in [0, 0.05) is 31.7 Å². The number of carbonyl (C=O) groups excluding carboxylic acids is 1. The smallest absolute Gasteiger partial charge is 0.267 e. The number of aromatic amines is 1. The number of β-amino-alcohol motifs (C(OH)–C–C–N with tert-alkyl or cyclic N) is 1. The molecule has 0 aliphatic carbocycles. The van der Waals surface area contributed by atoms with Crippen molar-refractivity contribution in [2.75, 3.05) is 19.6 Å². The molecule has 2 rings (SSSR count). The van der Waals surface area contributed by atoms with Crippen molar-refractivity contribution in [2.24, 2.45) is 5.92 Å². The summed E-state index contributed by atoms with van der Waals surface area (Å²) < 4.78 is 0. The molecule has 0 bridgehead atoms. The molecule has 1 amide bonds. The van der Waals surface area contributed by atoms with E-state index in [4.69, 9.17) is 11.6 Å². The van der Waals surface area contributed by atoms with Crippen molar-refractivity contribution in [1.29, 1.82) is 0 Å². The molecule has 4 N–H and O–H groups in total. The van der Waals surface area contributed by atoms with Crippen LogP contribution in [0.15, 0.2) is 12.3 Å². The van der Waals surface area contributed by atoms with Crippen molar-refractivity contribution in [3.05, 3.63) is 23.0 Å². The molecule has 1 aliphatic heterocycles. The fraction of sp³-hybridized carbons (Fsp3) is 0.500. The molecule has 0 aromatic carbocycles. The van der Waals surface area contributed by atoms with Crippen LogP contribution in [-0.2, 0) is 0 Å². The normalized spacial score (nSPS) is 23.2. The Bertz CT molecular complexity index is 383. The van der Waals surface area contributed by atoms with Crippen LogP contribution in [0, 0.1) is 5.92 Å². The molecule has 0 saturated carbocycles. The molecular formula is C10H15Cl2N3O2. The van der Waals surface area contributed by atoms with Crippen molar-refractivity contribution in [3.8, 4) is 0 Å². The zero-order valence-electron chi connectivity index (χ0n) is 9.07. The second-order valence-corrected chi connectivity index (χ2v) is 4.36. The van der Waals surface area contributed by atoms with Gasteiger partial charge in [-0.2, -0.15) is 0 Å². The van der Waals surface area contributed by atoms with Crippen molar-refractivity contribution in [3.63, 3.8) is 0 Å². The SMILES string of the molecule is Cl.O=C(NCC1CNCC1O)c1cc(Cl)c[nH]1. The van der Waals surface area contributed by atoms with Crippen LogP contribution < -0.4 is 10.6 Å². The van der Waals surface area contributed by atoms with Gasteiger partial charge < -0.3 is 20.7 Å². The van der Waals surface area contributed by atoms with E-state index in [-0.39, 0.29) is 30.3 Å². The molecule has 1 aliphatic rings. The molecule has 7 heteroatoms. The standard InChI is InChI=1S/C10H14ClN3O2.ClH/c11-7-1-8(13-4-7)10(16)14-3-6-2-12-5-9(6)15;/h1,4,6,9,12-13,15H,2-3,5H2,(H,14,16);1H. The number of amides is 1. The topological polar surface area (TPSA) is 77.2 Å². The number of nitrogens with one attached hydrogen (secondary N) is 3. The first-order valence-corrected chi connectivity index (χ1v) is 5.55. The highest BCUT2D eigenvalue weighted by Gasteiger charge is 2.25. The average Bonchev–Trinajstić information content (AvgIpc) is 2.84. The van der Waals surface area contributed by atoms with Gasteiger partial charge in [-0.05, 0) is 6.07 Å². The van der Waals surface area contributed by atoms with Crippen molar-refractivity contribution in [1.82, 2.24) is 15.6 Å². The molecule has 1 saturated heterocycles. The van der Waals surface area contributed by atoms with Crippen LogP contribution in [0.3, 0.4) is 0 Å². The van der Waals surface area contributed by atoms with E-state index in [0.29, 0.717) is 23.8 Å². The fourth-order valence-corrected chi connectivity index (χ4v) is 1.91.